The van der Waals surface area contributed by atoms with Gasteiger partial charge in [-0.3, -0.25) is 9.59 Å². The summed E-state index contributed by atoms with van der Waals surface area (Å²) in [5.74, 6) is -0.861. The third-order valence-corrected chi connectivity index (χ3v) is 4.20. The van der Waals surface area contributed by atoms with E-state index in [4.69, 9.17) is 4.74 Å². The molecule has 0 aliphatic heterocycles. The summed E-state index contributed by atoms with van der Waals surface area (Å²) in [6, 6.07) is 20.1. The van der Waals surface area contributed by atoms with Gasteiger partial charge in [0.1, 0.15) is 11.6 Å². The molecule has 0 aromatic heterocycles. The zero-order chi connectivity index (χ0) is 21.5. The maximum absolute atomic E-state index is 14.2. The minimum absolute atomic E-state index is 0.000414. The summed E-state index contributed by atoms with van der Waals surface area (Å²) in [7, 11) is 0. The molecule has 3 aromatic rings. The lowest BCUT2D eigenvalue weighted by Gasteiger charge is -2.14. The number of anilines is 2. The molecule has 0 atom stereocenters. The second kappa shape index (κ2) is 9.69. The summed E-state index contributed by atoms with van der Waals surface area (Å²) in [4.78, 5) is 25.0. The van der Waals surface area contributed by atoms with Gasteiger partial charge in [-0.15, -0.1) is 0 Å². The Labute approximate surface area is 174 Å². The Morgan fingerprint density at radius 2 is 1.63 bits per heavy atom. The highest BCUT2D eigenvalue weighted by Gasteiger charge is 2.15. The molecule has 0 radical (unpaired) electrons. The molecule has 3 rings (SSSR count). The van der Waals surface area contributed by atoms with Crippen LogP contribution in [0.5, 0.6) is 5.75 Å². The van der Waals surface area contributed by atoms with Gasteiger partial charge in [-0.2, -0.15) is 0 Å². The van der Waals surface area contributed by atoms with E-state index in [1.807, 2.05) is 44.2 Å². The van der Waals surface area contributed by atoms with Gasteiger partial charge in [-0.25, -0.2) is 4.39 Å². The second-order valence-electron chi connectivity index (χ2n) is 7.02. The summed E-state index contributed by atoms with van der Waals surface area (Å²) in [5, 5.41) is 5.29. The molecule has 0 bridgehead atoms. The average Bonchev–Trinajstić information content (AvgIpc) is 2.71. The first kappa shape index (κ1) is 21.0. The Morgan fingerprint density at radius 3 is 2.37 bits per heavy atom. The minimum atomic E-state index is -0.585. The van der Waals surface area contributed by atoms with Crippen LogP contribution in [0.1, 0.15) is 29.8 Å². The molecule has 154 valence electrons. The van der Waals surface area contributed by atoms with Crippen molar-refractivity contribution in [1.82, 2.24) is 0 Å². The molecule has 0 fully saturated rings. The lowest BCUT2D eigenvalue weighted by Crippen LogP contribution is -2.17. The van der Waals surface area contributed by atoms with E-state index in [9.17, 15) is 14.0 Å². The molecule has 5 nitrogen and oxygen atoms in total. The number of amides is 2. The van der Waals surface area contributed by atoms with Crippen molar-refractivity contribution >= 4 is 23.2 Å². The van der Waals surface area contributed by atoms with E-state index < -0.39 is 5.82 Å². The van der Waals surface area contributed by atoms with Crippen LogP contribution in [0.25, 0.3) is 0 Å². The zero-order valence-corrected chi connectivity index (χ0v) is 16.8. The molecular weight excluding hydrogens is 383 g/mol. The van der Waals surface area contributed by atoms with E-state index in [1.54, 1.807) is 24.3 Å². The molecule has 0 saturated carbocycles. The predicted molar refractivity (Wildman–Crippen MR) is 115 cm³/mol. The second-order valence-corrected chi connectivity index (χ2v) is 7.02. The molecule has 0 aliphatic carbocycles. The number of hydrogen-bond donors (Lipinski definition) is 2. The van der Waals surface area contributed by atoms with Crippen molar-refractivity contribution < 1.29 is 18.7 Å². The number of nitrogens with one attached hydrogen (secondary N) is 2. The summed E-state index contributed by atoms with van der Waals surface area (Å²) < 4.78 is 19.9. The number of ether oxygens (including phenoxy) is 1. The fourth-order valence-electron chi connectivity index (χ4n) is 2.88. The van der Waals surface area contributed by atoms with Crippen LogP contribution in [0.2, 0.25) is 0 Å². The van der Waals surface area contributed by atoms with Crippen molar-refractivity contribution in [3.8, 4) is 5.75 Å². The van der Waals surface area contributed by atoms with E-state index in [0.29, 0.717) is 17.0 Å². The molecule has 2 amide bonds. The minimum Gasteiger partial charge on any atom is -0.490 e. The number of rotatable bonds is 7. The van der Waals surface area contributed by atoms with Gasteiger partial charge in [0.15, 0.2) is 0 Å². The Hall–Kier alpha value is -3.67. The number of carbonyl (C=O) groups is 2. The largest absolute Gasteiger partial charge is 0.490 e. The molecule has 2 N–H and O–H groups in total. The highest BCUT2D eigenvalue weighted by molar-refractivity contribution is 6.06. The third kappa shape index (κ3) is 5.67. The van der Waals surface area contributed by atoms with E-state index in [-0.39, 0.29) is 30.0 Å². The molecule has 0 heterocycles. The highest BCUT2D eigenvalue weighted by Crippen LogP contribution is 2.24. The first-order valence-corrected chi connectivity index (χ1v) is 9.62. The van der Waals surface area contributed by atoms with Gasteiger partial charge in [0.05, 0.1) is 23.8 Å². The van der Waals surface area contributed by atoms with Crippen molar-refractivity contribution in [2.75, 3.05) is 10.6 Å². The van der Waals surface area contributed by atoms with Gasteiger partial charge in [0.25, 0.3) is 5.91 Å². The standard InChI is InChI=1S/C24H23FN2O3/c1-16(2)30-22-11-7-6-10-19(22)24(29)26-18-12-13-20(25)21(15-18)27-23(28)14-17-8-4-3-5-9-17/h3-13,15-16H,14H2,1-2H3,(H,26,29)(H,27,28). The normalized spacial score (nSPS) is 10.5. The number of hydrogen-bond acceptors (Lipinski definition) is 3. The van der Waals surface area contributed by atoms with Crippen LogP contribution >= 0.6 is 0 Å². The van der Waals surface area contributed by atoms with Crippen molar-refractivity contribution in [3.63, 3.8) is 0 Å². The molecule has 30 heavy (non-hydrogen) atoms. The van der Waals surface area contributed by atoms with E-state index in [0.717, 1.165) is 5.56 Å². The summed E-state index contributed by atoms with van der Waals surface area (Å²) in [5.41, 5.74) is 1.54. The Morgan fingerprint density at radius 1 is 0.933 bits per heavy atom. The number of benzene rings is 3. The Bertz CT molecular complexity index is 1040. The van der Waals surface area contributed by atoms with Gasteiger partial charge in [0, 0.05) is 5.69 Å². The highest BCUT2D eigenvalue weighted by atomic mass is 19.1. The van der Waals surface area contributed by atoms with E-state index >= 15 is 0 Å². The molecule has 0 saturated heterocycles. The molecule has 0 unspecified atom stereocenters. The molecule has 0 aliphatic rings. The van der Waals surface area contributed by atoms with Gasteiger partial charge in [-0.1, -0.05) is 42.5 Å². The fourth-order valence-corrected chi connectivity index (χ4v) is 2.88. The number of carbonyl (C=O) groups excluding carboxylic acids is 2. The summed E-state index contributed by atoms with van der Waals surface area (Å²) >= 11 is 0. The van der Waals surface area contributed by atoms with Crippen LogP contribution in [0.15, 0.2) is 72.8 Å². The van der Waals surface area contributed by atoms with Crippen LogP contribution in [0.4, 0.5) is 15.8 Å². The Balaban J connectivity index is 1.72. The average molecular weight is 406 g/mol. The monoisotopic (exact) mass is 406 g/mol. The van der Waals surface area contributed by atoms with Gasteiger partial charge >= 0.3 is 0 Å². The number of halogens is 1. The van der Waals surface area contributed by atoms with Crippen LogP contribution < -0.4 is 15.4 Å². The van der Waals surface area contributed by atoms with Crippen LogP contribution in [0, 0.1) is 5.82 Å². The lowest BCUT2D eigenvalue weighted by molar-refractivity contribution is -0.115. The SMILES string of the molecule is CC(C)Oc1ccccc1C(=O)Nc1ccc(F)c(NC(=O)Cc2ccccc2)c1. The van der Waals surface area contributed by atoms with Crippen LogP contribution in [-0.4, -0.2) is 17.9 Å². The smallest absolute Gasteiger partial charge is 0.259 e. The quantitative estimate of drug-likeness (QED) is 0.577. The fraction of sp³-hybridized carbons (Fsp3) is 0.167. The summed E-state index contributed by atoms with van der Waals surface area (Å²) in [6.45, 7) is 3.75. The third-order valence-electron chi connectivity index (χ3n) is 4.20. The van der Waals surface area contributed by atoms with Gasteiger partial charge in [-0.05, 0) is 49.7 Å². The summed E-state index contributed by atoms with van der Waals surface area (Å²) in [6.07, 6.45) is 0.0350. The first-order chi connectivity index (χ1) is 14.4. The first-order valence-electron chi connectivity index (χ1n) is 9.62. The molecule has 3 aromatic carbocycles. The van der Waals surface area contributed by atoms with Gasteiger partial charge in [0.2, 0.25) is 5.91 Å². The maximum Gasteiger partial charge on any atom is 0.259 e. The zero-order valence-electron chi connectivity index (χ0n) is 16.8. The topological polar surface area (TPSA) is 67.4 Å². The maximum atomic E-state index is 14.2. The molecule has 0 spiro atoms. The van der Waals surface area contributed by atoms with Crippen LogP contribution in [-0.2, 0) is 11.2 Å². The number of para-hydroxylation sites is 1. The predicted octanol–water partition coefficient (Wildman–Crippen LogP) is 5.05. The van der Waals surface area contributed by atoms with Crippen molar-refractivity contribution in [1.29, 1.82) is 0 Å². The van der Waals surface area contributed by atoms with Crippen molar-refractivity contribution in [3.05, 3.63) is 89.7 Å². The Kier molecular flexibility index (Phi) is 6.80. The van der Waals surface area contributed by atoms with Crippen molar-refractivity contribution in [2.45, 2.75) is 26.4 Å². The van der Waals surface area contributed by atoms with Crippen molar-refractivity contribution in [2.24, 2.45) is 0 Å². The molecule has 6 heteroatoms. The molecular formula is C24H23FN2O3. The van der Waals surface area contributed by atoms with E-state index in [1.165, 1.54) is 18.2 Å². The lowest BCUT2D eigenvalue weighted by atomic mass is 10.1. The van der Waals surface area contributed by atoms with E-state index in [2.05, 4.69) is 10.6 Å². The van der Waals surface area contributed by atoms with Crippen LogP contribution in [0.3, 0.4) is 0 Å². The van der Waals surface area contributed by atoms with Gasteiger partial charge < -0.3 is 15.4 Å².